The summed E-state index contributed by atoms with van der Waals surface area (Å²) in [6.07, 6.45) is 8.88. The van der Waals surface area contributed by atoms with Crippen molar-refractivity contribution in [2.45, 2.75) is 45.6 Å². The molecular formula is C18H35IN6O2. The van der Waals surface area contributed by atoms with Gasteiger partial charge in [-0.3, -0.25) is 4.99 Å². The van der Waals surface area contributed by atoms with Crippen LogP contribution in [0.1, 0.15) is 39.0 Å². The van der Waals surface area contributed by atoms with Gasteiger partial charge < -0.3 is 24.7 Å². The van der Waals surface area contributed by atoms with Gasteiger partial charge >= 0.3 is 0 Å². The van der Waals surface area contributed by atoms with E-state index in [1.807, 2.05) is 4.57 Å². The number of nitrogens with zero attached hydrogens (tertiary/aromatic N) is 4. The number of unbranched alkanes of at least 4 members (excludes halogenated alkanes) is 1. The van der Waals surface area contributed by atoms with Crippen molar-refractivity contribution in [1.29, 1.82) is 0 Å². The topological polar surface area (TPSA) is 85.6 Å². The number of rotatable bonds is 12. The lowest BCUT2D eigenvalue weighted by Crippen LogP contribution is -2.38. The van der Waals surface area contributed by atoms with Crippen LogP contribution >= 0.6 is 24.0 Å². The third-order valence-electron chi connectivity index (χ3n) is 4.36. The average Bonchev–Trinajstić information content (AvgIpc) is 3.18. The lowest BCUT2D eigenvalue weighted by atomic mass is 10.0. The van der Waals surface area contributed by atoms with Gasteiger partial charge in [0.2, 0.25) is 0 Å². The summed E-state index contributed by atoms with van der Waals surface area (Å²) in [7, 11) is 0. The highest BCUT2D eigenvalue weighted by Crippen LogP contribution is 2.14. The molecule has 1 aromatic rings. The molecule has 9 heteroatoms. The molecule has 2 N–H and O–H groups in total. The molecule has 1 saturated heterocycles. The Morgan fingerprint density at radius 2 is 1.96 bits per heavy atom. The Morgan fingerprint density at radius 1 is 1.19 bits per heavy atom. The lowest BCUT2D eigenvalue weighted by Gasteiger charge is -2.21. The van der Waals surface area contributed by atoms with E-state index in [0.717, 1.165) is 90.7 Å². The average molecular weight is 494 g/mol. The SMILES string of the molecule is CCNC(=NCCCOCC1CCOCC1)NCCCCn1cnnc1.I. The standard InChI is InChI=1S/C18H34N6O2.HI/c1-2-19-18(20-8-3-4-10-24-15-22-23-16-24)21-9-5-11-26-14-17-6-12-25-13-7-17;/h15-17H,2-14H2,1H3,(H2,19,20,21);1H. The van der Waals surface area contributed by atoms with E-state index in [9.17, 15) is 0 Å². The normalized spacial score (nSPS) is 15.4. The highest BCUT2D eigenvalue weighted by molar-refractivity contribution is 14.0. The Kier molecular flexibility index (Phi) is 14.3. The van der Waals surface area contributed by atoms with Crippen LogP contribution in [0.3, 0.4) is 0 Å². The lowest BCUT2D eigenvalue weighted by molar-refractivity contribution is 0.0205. The van der Waals surface area contributed by atoms with Crippen LogP contribution in [0.2, 0.25) is 0 Å². The molecule has 1 aliphatic heterocycles. The predicted octanol–water partition coefficient (Wildman–Crippen LogP) is 2.06. The largest absolute Gasteiger partial charge is 0.381 e. The van der Waals surface area contributed by atoms with Gasteiger partial charge in [0.05, 0.1) is 0 Å². The molecular weight excluding hydrogens is 459 g/mol. The minimum absolute atomic E-state index is 0. The first-order chi connectivity index (χ1) is 12.9. The van der Waals surface area contributed by atoms with E-state index in [1.165, 1.54) is 0 Å². The number of aliphatic imine (C=N–C) groups is 1. The van der Waals surface area contributed by atoms with E-state index in [0.29, 0.717) is 5.92 Å². The van der Waals surface area contributed by atoms with Gasteiger partial charge in [-0.25, -0.2) is 0 Å². The van der Waals surface area contributed by atoms with Gasteiger partial charge in [0, 0.05) is 52.6 Å². The van der Waals surface area contributed by atoms with Crippen molar-refractivity contribution < 1.29 is 9.47 Å². The van der Waals surface area contributed by atoms with E-state index >= 15 is 0 Å². The Morgan fingerprint density at radius 3 is 2.70 bits per heavy atom. The maximum absolute atomic E-state index is 5.79. The number of halogens is 1. The molecule has 0 radical (unpaired) electrons. The zero-order chi connectivity index (χ0) is 18.3. The van der Waals surface area contributed by atoms with Crippen molar-refractivity contribution in [2.24, 2.45) is 10.9 Å². The fourth-order valence-corrected chi connectivity index (χ4v) is 2.83. The van der Waals surface area contributed by atoms with Crippen LogP contribution in [0.15, 0.2) is 17.6 Å². The number of hydrogen-bond acceptors (Lipinski definition) is 5. The van der Waals surface area contributed by atoms with Crippen molar-refractivity contribution in [3.8, 4) is 0 Å². The summed E-state index contributed by atoms with van der Waals surface area (Å²) in [6.45, 7) is 9.00. The van der Waals surface area contributed by atoms with Crippen LogP contribution < -0.4 is 10.6 Å². The number of nitrogens with one attached hydrogen (secondary N) is 2. The van der Waals surface area contributed by atoms with Crippen LogP contribution in [0.4, 0.5) is 0 Å². The molecule has 0 atom stereocenters. The Hall–Kier alpha value is -0.940. The van der Waals surface area contributed by atoms with Gasteiger partial charge in [0.25, 0.3) is 0 Å². The van der Waals surface area contributed by atoms with Crippen molar-refractivity contribution in [3.63, 3.8) is 0 Å². The fraction of sp³-hybridized carbons (Fsp3) is 0.833. The second-order valence-electron chi connectivity index (χ2n) is 6.58. The minimum atomic E-state index is 0. The zero-order valence-corrected chi connectivity index (χ0v) is 18.8. The van der Waals surface area contributed by atoms with Crippen LogP contribution in [-0.2, 0) is 16.0 Å². The van der Waals surface area contributed by atoms with E-state index in [2.05, 4.69) is 32.7 Å². The number of aryl methyl sites for hydroxylation is 1. The molecule has 0 amide bonds. The predicted molar refractivity (Wildman–Crippen MR) is 118 cm³/mol. The van der Waals surface area contributed by atoms with Gasteiger partial charge in [0.1, 0.15) is 12.7 Å². The molecule has 0 saturated carbocycles. The van der Waals surface area contributed by atoms with Crippen molar-refractivity contribution >= 4 is 29.9 Å². The highest BCUT2D eigenvalue weighted by atomic mass is 127. The third-order valence-corrected chi connectivity index (χ3v) is 4.36. The van der Waals surface area contributed by atoms with E-state index in [1.54, 1.807) is 12.7 Å². The maximum Gasteiger partial charge on any atom is 0.191 e. The van der Waals surface area contributed by atoms with Crippen LogP contribution in [-0.4, -0.2) is 66.8 Å². The maximum atomic E-state index is 5.79. The second kappa shape index (κ2) is 16.1. The summed E-state index contributed by atoms with van der Waals surface area (Å²) in [6, 6.07) is 0. The van der Waals surface area contributed by atoms with Gasteiger partial charge in [-0.15, -0.1) is 34.2 Å². The molecule has 0 bridgehead atoms. The second-order valence-corrected chi connectivity index (χ2v) is 6.58. The van der Waals surface area contributed by atoms with E-state index < -0.39 is 0 Å². The fourth-order valence-electron chi connectivity index (χ4n) is 2.83. The smallest absolute Gasteiger partial charge is 0.191 e. The molecule has 156 valence electrons. The molecule has 2 rings (SSSR count). The number of aromatic nitrogens is 3. The quantitative estimate of drug-likeness (QED) is 0.200. The highest BCUT2D eigenvalue weighted by Gasteiger charge is 2.13. The molecule has 27 heavy (non-hydrogen) atoms. The molecule has 1 fully saturated rings. The summed E-state index contributed by atoms with van der Waals surface area (Å²) in [4.78, 5) is 4.61. The van der Waals surface area contributed by atoms with E-state index in [4.69, 9.17) is 9.47 Å². The van der Waals surface area contributed by atoms with Gasteiger partial charge in [-0.1, -0.05) is 0 Å². The van der Waals surface area contributed by atoms with E-state index in [-0.39, 0.29) is 24.0 Å². The van der Waals surface area contributed by atoms with Gasteiger partial charge in [-0.2, -0.15) is 0 Å². The zero-order valence-electron chi connectivity index (χ0n) is 16.4. The molecule has 0 aliphatic carbocycles. The molecule has 2 heterocycles. The number of guanidine groups is 1. The van der Waals surface area contributed by atoms with Crippen molar-refractivity contribution in [3.05, 3.63) is 12.7 Å². The molecule has 8 nitrogen and oxygen atoms in total. The Labute approximate surface area is 179 Å². The first-order valence-corrected chi connectivity index (χ1v) is 9.88. The first-order valence-electron chi connectivity index (χ1n) is 9.88. The van der Waals surface area contributed by atoms with Crippen LogP contribution in [0.5, 0.6) is 0 Å². The van der Waals surface area contributed by atoms with Crippen molar-refractivity contribution in [1.82, 2.24) is 25.4 Å². The Balaban J connectivity index is 0.00000364. The molecule has 0 unspecified atom stereocenters. The first kappa shape index (κ1) is 24.1. The summed E-state index contributed by atoms with van der Waals surface area (Å²) in [5.41, 5.74) is 0. The van der Waals surface area contributed by atoms with Crippen molar-refractivity contribution in [2.75, 3.05) is 46.1 Å². The third kappa shape index (κ3) is 11.5. The van der Waals surface area contributed by atoms with Gasteiger partial charge in [-0.05, 0) is 44.9 Å². The molecule has 0 aromatic carbocycles. The monoisotopic (exact) mass is 494 g/mol. The summed E-state index contributed by atoms with van der Waals surface area (Å²) >= 11 is 0. The molecule has 1 aromatic heterocycles. The van der Waals surface area contributed by atoms with Crippen LogP contribution in [0, 0.1) is 5.92 Å². The van der Waals surface area contributed by atoms with Crippen LogP contribution in [0.25, 0.3) is 0 Å². The number of hydrogen-bond donors (Lipinski definition) is 2. The summed E-state index contributed by atoms with van der Waals surface area (Å²) in [5.74, 6) is 1.56. The van der Waals surface area contributed by atoms with Gasteiger partial charge in [0.15, 0.2) is 5.96 Å². The summed E-state index contributed by atoms with van der Waals surface area (Å²) in [5, 5.41) is 14.3. The molecule has 0 spiro atoms. The molecule has 1 aliphatic rings. The number of ether oxygens (including phenoxy) is 2. The minimum Gasteiger partial charge on any atom is -0.381 e. The summed E-state index contributed by atoms with van der Waals surface area (Å²) < 4.78 is 13.2. The Bertz CT molecular complexity index is 480.